The molecule has 1 aliphatic rings. The number of hydrogen-bond donors (Lipinski definition) is 4. The van der Waals surface area contributed by atoms with Crippen LogP contribution in [0.15, 0.2) is 60.8 Å². The molecule has 0 bridgehead atoms. The van der Waals surface area contributed by atoms with Crippen LogP contribution in [0.1, 0.15) is 29.0 Å². The smallest absolute Gasteiger partial charge is 0.170 e. The molecule has 1 saturated heterocycles. The van der Waals surface area contributed by atoms with Crippen molar-refractivity contribution >= 4 is 28.9 Å². The molecular formula is C26H30Cl2N4O4. The quantitative estimate of drug-likeness (QED) is 0.310. The second-order valence-electron chi connectivity index (χ2n) is 8.73. The van der Waals surface area contributed by atoms with Crippen LogP contribution in [-0.4, -0.2) is 64.2 Å². The zero-order chi connectivity index (χ0) is 25.7. The van der Waals surface area contributed by atoms with E-state index in [0.29, 0.717) is 53.2 Å². The van der Waals surface area contributed by atoms with Gasteiger partial charge in [-0.1, -0.05) is 41.4 Å². The number of aromatic nitrogens is 1. The zero-order valence-electron chi connectivity index (χ0n) is 19.7. The summed E-state index contributed by atoms with van der Waals surface area (Å²) in [5.74, 6) is 0.482. The predicted molar refractivity (Wildman–Crippen MR) is 140 cm³/mol. The molecule has 2 aromatic carbocycles. The van der Waals surface area contributed by atoms with Gasteiger partial charge in [0.15, 0.2) is 6.23 Å². The average Bonchev–Trinajstić information content (AvgIpc) is 2.89. The first-order valence-electron chi connectivity index (χ1n) is 11.7. The van der Waals surface area contributed by atoms with Crippen molar-refractivity contribution in [3.8, 4) is 5.75 Å². The molecule has 0 amide bonds. The van der Waals surface area contributed by atoms with E-state index in [1.807, 2.05) is 30.3 Å². The zero-order valence-corrected chi connectivity index (χ0v) is 21.2. The molecule has 0 saturated carbocycles. The summed E-state index contributed by atoms with van der Waals surface area (Å²) in [6.07, 6.45) is 0.0760. The maximum absolute atomic E-state index is 10.8. The predicted octanol–water partition coefficient (Wildman–Crippen LogP) is 3.13. The number of rotatable bonds is 9. The molecule has 2 heterocycles. The van der Waals surface area contributed by atoms with Gasteiger partial charge in [-0.2, -0.15) is 0 Å². The molecule has 1 aliphatic heterocycles. The Morgan fingerprint density at radius 2 is 1.83 bits per heavy atom. The van der Waals surface area contributed by atoms with Crippen LogP contribution < -0.4 is 15.4 Å². The minimum absolute atomic E-state index is 0.0397. The Morgan fingerprint density at radius 1 is 1.06 bits per heavy atom. The minimum atomic E-state index is -0.821. The van der Waals surface area contributed by atoms with Crippen LogP contribution in [0.2, 0.25) is 10.0 Å². The number of ether oxygens (including phenoxy) is 1. The van der Waals surface area contributed by atoms with Gasteiger partial charge in [0.05, 0.1) is 41.8 Å². The molecule has 10 heteroatoms. The van der Waals surface area contributed by atoms with Gasteiger partial charge in [0.1, 0.15) is 5.75 Å². The summed E-state index contributed by atoms with van der Waals surface area (Å²) in [6, 6.07) is 16.6. The summed E-state index contributed by atoms with van der Waals surface area (Å²) >= 11 is 12.8. The van der Waals surface area contributed by atoms with Crippen LogP contribution in [0.25, 0.3) is 0 Å². The molecule has 0 aliphatic carbocycles. The fraction of sp³-hybridized carbons (Fsp3) is 0.346. The van der Waals surface area contributed by atoms with Gasteiger partial charge in [0.25, 0.3) is 0 Å². The average molecular weight is 533 g/mol. The Morgan fingerprint density at radius 3 is 2.47 bits per heavy atom. The molecule has 3 atom stereocenters. The number of aliphatic hydroxyl groups is 3. The maximum Gasteiger partial charge on any atom is 0.170 e. The number of aliphatic hydroxyl groups excluding tert-OH is 3. The number of benzene rings is 2. The van der Waals surface area contributed by atoms with Gasteiger partial charge < -0.3 is 25.0 Å². The number of anilines is 1. The van der Waals surface area contributed by atoms with E-state index in [0.717, 1.165) is 11.3 Å². The highest BCUT2D eigenvalue weighted by Crippen LogP contribution is 2.37. The van der Waals surface area contributed by atoms with Crippen LogP contribution in [0, 0.1) is 0 Å². The lowest BCUT2D eigenvalue weighted by atomic mass is 10.0. The number of pyridine rings is 1. The molecule has 0 radical (unpaired) electrons. The lowest BCUT2D eigenvalue weighted by Crippen LogP contribution is -2.49. The Balaban J connectivity index is 1.54. The third-order valence-corrected chi connectivity index (χ3v) is 6.80. The van der Waals surface area contributed by atoms with Gasteiger partial charge in [-0.3, -0.25) is 15.6 Å². The highest BCUT2D eigenvalue weighted by Gasteiger charge is 2.31. The fourth-order valence-corrected chi connectivity index (χ4v) is 4.75. The van der Waals surface area contributed by atoms with E-state index < -0.39 is 12.3 Å². The second-order valence-corrected chi connectivity index (χ2v) is 9.57. The van der Waals surface area contributed by atoms with Crippen molar-refractivity contribution in [2.24, 2.45) is 5.73 Å². The lowest BCUT2D eigenvalue weighted by Gasteiger charge is -2.44. The molecule has 5 N–H and O–H groups in total. The SMILES string of the molecule is N[C@H](CO)Oc1ccc(N2CCN(C[C@@H](O)c3ccc(CO)nc3)C[C@H]2c2ccc(Cl)cc2)c(Cl)c1. The Hall–Kier alpha value is -2.43. The lowest BCUT2D eigenvalue weighted by molar-refractivity contribution is 0.100. The summed E-state index contributed by atoms with van der Waals surface area (Å²) in [5.41, 5.74) is 8.88. The molecule has 3 aromatic rings. The normalized spacial score (nSPS) is 18.2. The van der Waals surface area contributed by atoms with Crippen LogP contribution in [0.4, 0.5) is 5.69 Å². The number of nitrogens with two attached hydrogens (primary N) is 1. The number of β-amino-alcohol motifs (C(OH)–C–C–N with tert-alkyl or cyclic N) is 1. The monoisotopic (exact) mass is 532 g/mol. The Bertz CT molecular complexity index is 1130. The first-order chi connectivity index (χ1) is 17.4. The van der Waals surface area contributed by atoms with Crippen LogP contribution in [-0.2, 0) is 6.61 Å². The topological polar surface area (TPSA) is 115 Å². The number of piperazine rings is 1. The van der Waals surface area contributed by atoms with Gasteiger partial charge in [-0.05, 0) is 35.9 Å². The Labute approximate surface area is 220 Å². The van der Waals surface area contributed by atoms with E-state index in [9.17, 15) is 10.2 Å². The van der Waals surface area contributed by atoms with Crippen molar-refractivity contribution in [1.29, 1.82) is 0 Å². The van der Waals surface area contributed by atoms with Crippen molar-refractivity contribution in [3.05, 3.63) is 87.7 Å². The van der Waals surface area contributed by atoms with Crippen molar-refractivity contribution in [3.63, 3.8) is 0 Å². The summed E-state index contributed by atoms with van der Waals surface area (Å²) in [6.45, 7) is 2.06. The van der Waals surface area contributed by atoms with Crippen molar-refractivity contribution in [1.82, 2.24) is 9.88 Å². The molecular weight excluding hydrogens is 503 g/mol. The fourth-order valence-electron chi connectivity index (χ4n) is 4.35. The molecule has 192 valence electrons. The third-order valence-electron chi connectivity index (χ3n) is 6.24. The molecule has 1 aromatic heterocycles. The van der Waals surface area contributed by atoms with Crippen molar-refractivity contribution in [2.75, 3.05) is 37.7 Å². The Kier molecular flexibility index (Phi) is 9.03. The van der Waals surface area contributed by atoms with E-state index in [2.05, 4.69) is 14.8 Å². The van der Waals surface area contributed by atoms with Gasteiger partial charge in [-0.15, -0.1) is 0 Å². The van der Waals surface area contributed by atoms with E-state index in [1.165, 1.54) is 0 Å². The minimum Gasteiger partial charge on any atom is -0.473 e. The highest BCUT2D eigenvalue weighted by molar-refractivity contribution is 6.33. The first kappa shape index (κ1) is 26.6. The third kappa shape index (κ3) is 6.46. The summed E-state index contributed by atoms with van der Waals surface area (Å²) < 4.78 is 5.48. The number of hydrogen-bond acceptors (Lipinski definition) is 8. The molecule has 0 unspecified atom stereocenters. The van der Waals surface area contributed by atoms with Gasteiger partial charge in [0.2, 0.25) is 0 Å². The summed E-state index contributed by atoms with van der Waals surface area (Å²) in [7, 11) is 0. The number of nitrogens with zero attached hydrogens (tertiary/aromatic N) is 3. The summed E-state index contributed by atoms with van der Waals surface area (Å²) in [5, 5.41) is 30.4. The van der Waals surface area contributed by atoms with E-state index in [4.69, 9.17) is 38.8 Å². The molecule has 36 heavy (non-hydrogen) atoms. The van der Waals surface area contributed by atoms with Gasteiger partial charge in [0, 0.05) is 49.0 Å². The van der Waals surface area contributed by atoms with Crippen LogP contribution >= 0.6 is 23.2 Å². The largest absolute Gasteiger partial charge is 0.473 e. The first-order valence-corrected chi connectivity index (χ1v) is 12.4. The van der Waals surface area contributed by atoms with Gasteiger partial charge >= 0.3 is 0 Å². The van der Waals surface area contributed by atoms with Crippen LogP contribution in [0.3, 0.4) is 0 Å². The van der Waals surface area contributed by atoms with Gasteiger partial charge in [-0.25, -0.2) is 0 Å². The molecule has 1 fully saturated rings. The van der Waals surface area contributed by atoms with Crippen molar-refractivity contribution in [2.45, 2.75) is 25.0 Å². The van der Waals surface area contributed by atoms with Crippen LogP contribution in [0.5, 0.6) is 5.75 Å². The molecule has 0 spiro atoms. The second kappa shape index (κ2) is 12.2. The van der Waals surface area contributed by atoms with E-state index in [-0.39, 0.29) is 19.3 Å². The van der Waals surface area contributed by atoms with Crippen molar-refractivity contribution < 1.29 is 20.1 Å². The maximum atomic E-state index is 10.8. The van der Waals surface area contributed by atoms with E-state index in [1.54, 1.807) is 30.5 Å². The standard InChI is InChI=1S/C26H30Cl2N4O4/c27-19-4-1-17(2-5-19)24-13-31(14-25(35)18-3-6-20(15-33)30-12-18)9-10-32(24)23-8-7-21(11-22(23)28)36-26(29)16-34/h1-8,11-12,24-26,33-35H,9-10,13-16,29H2/t24-,25+,26-/m0/s1. The molecule has 8 nitrogen and oxygen atoms in total. The van der Waals surface area contributed by atoms with E-state index >= 15 is 0 Å². The number of halogens is 2. The summed E-state index contributed by atoms with van der Waals surface area (Å²) in [4.78, 5) is 8.63. The molecule has 4 rings (SSSR count). The highest BCUT2D eigenvalue weighted by atomic mass is 35.5.